The molecular formula is C67H132N2O7P+. The first-order chi connectivity index (χ1) is 37.4. The van der Waals surface area contributed by atoms with Crippen LogP contribution in [0.15, 0.2) is 24.3 Å². The molecule has 0 rings (SSSR count). The summed E-state index contributed by atoms with van der Waals surface area (Å²) in [6.07, 6.45) is 69.0. The molecule has 3 unspecified atom stereocenters. The van der Waals surface area contributed by atoms with Crippen LogP contribution >= 0.6 is 7.82 Å². The number of ether oxygens (including phenoxy) is 1. The third-order valence-corrected chi connectivity index (χ3v) is 16.4. The lowest BCUT2D eigenvalue weighted by atomic mass is 10.0. The van der Waals surface area contributed by atoms with Gasteiger partial charge in [-0.15, -0.1) is 0 Å². The zero-order valence-electron chi connectivity index (χ0n) is 52.2. The van der Waals surface area contributed by atoms with Crippen molar-refractivity contribution in [3.63, 3.8) is 0 Å². The van der Waals surface area contributed by atoms with Crippen LogP contribution in [0.4, 0.5) is 0 Å². The van der Waals surface area contributed by atoms with Gasteiger partial charge in [0.25, 0.3) is 0 Å². The Morgan fingerprint density at radius 3 is 1.10 bits per heavy atom. The third kappa shape index (κ3) is 58.9. The molecule has 0 aliphatic carbocycles. The van der Waals surface area contributed by atoms with E-state index in [4.69, 9.17) is 13.8 Å². The van der Waals surface area contributed by atoms with Crippen LogP contribution in [0.1, 0.15) is 342 Å². The topological polar surface area (TPSA) is 111 Å². The van der Waals surface area contributed by atoms with Crippen molar-refractivity contribution < 1.29 is 37.3 Å². The lowest BCUT2D eigenvalue weighted by Crippen LogP contribution is -2.47. The Balaban J connectivity index is 5.05. The average molecular weight is 1110 g/mol. The summed E-state index contributed by atoms with van der Waals surface area (Å²) in [6, 6.07) is -0.845. The van der Waals surface area contributed by atoms with Crippen molar-refractivity contribution in [2.75, 3.05) is 40.9 Å². The summed E-state index contributed by atoms with van der Waals surface area (Å²) >= 11 is 0. The molecule has 0 aromatic heterocycles. The van der Waals surface area contributed by atoms with Crippen molar-refractivity contribution in [3.05, 3.63) is 24.3 Å². The number of amides is 1. The highest BCUT2D eigenvalue weighted by Crippen LogP contribution is 2.43. The van der Waals surface area contributed by atoms with E-state index in [1.165, 1.54) is 250 Å². The van der Waals surface area contributed by atoms with Gasteiger partial charge in [0.2, 0.25) is 5.91 Å². The number of carbonyl (C=O) groups is 2. The van der Waals surface area contributed by atoms with Gasteiger partial charge in [-0.05, 0) is 57.4 Å². The van der Waals surface area contributed by atoms with Crippen LogP contribution < -0.4 is 5.32 Å². The van der Waals surface area contributed by atoms with Crippen molar-refractivity contribution in [3.8, 4) is 0 Å². The number of esters is 1. The Morgan fingerprint density at radius 2 is 0.753 bits per heavy atom. The number of phosphoric acid groups is 1. The normalized spacial score (nSPS) is 13.7. The Hall–Kier alpha value is -1.51. The van der Waals surface area contributed by atoms with Crippen LogP contribution in [0.5, 0.6) is 0 Å². The number of phosphoric ester groups is 1. The summed E-state index contributed by atoms with van der Waals surface area (Å²) in [5.74, 6) is -0.491. The fourth-order valence-corrected chi connectivity index (χ4v) is 10.9. The minimum atomic E-state index is -4.44. The molecule has 0 aliphatic rings. The minimum Gasteiger partial charge on any atom is -0.456 e. The van der Waals surface area contributed by atoms with E-state index in [0.29, 0.717) is 23.9 Å². The van der Waals surface area contributed by atoms with Crippen LogP contribution in [0.3, 0.4) is 0 Å². The van der Waals surface area contributed by atoms with Crippen molar-refractivity contribution >= 4 is 19.7 Å². The number of quaternary nitrogens is 1. The average Bonchev–Trinajstić information content (AvgIpc) is 3.39. The van der Waals surface area contributed by atoms with Gasteiger partial charge in [-0.25, -0.2) is 4.57 Å². The van der Waals surface area contributed by atoms with Crippen LogP contribution in [-0.4, -0.2) is 74.3 Å². The molecule has 0 saturated heterocycles. The first-order valence-electron chi connectivity index (χ1n) is 33.7. The van der Waals surface area contributed by atoms with Crippen LogP contribution in [-0.2, 0) is 27.9 Å². The highest BCUT2D eigenvalue weighted by molar-refractivity contribution is 7.47. The van der Waals surface area contributed by atoms with Gasteiger partial charge in [-0.1, -0.05) is 296 Å². The summed E-state index contributed by atoms with van der Waals surface area (Å²) < 4.78 is 30.7. The fourth-order valence-electron chi connectivity index (χ4n) is 10.2. The van der Waals surface area contributed by atoms with E-state index in [-0.39, 0.29) is 25.1 Å². The van der Waals surface area contributed by atoms with Crippen LogP contribution in [0.25, 0.3) is 0 Å². The van der Waals surface area contributed by atoms with E-state index in [9.17, 15) is 19.0 Å². The molecule has 0 bridgehead atoms. The maximum absolute atomic E-state index is 13.6. The molecule has 0 aliphatic heterocycles. The Labute approximate surface area is 479 Å². The van der Waals surface area contributed by atoms with E-state index in [0.717, 1.165) is 57.8 Å². The molecule has 77 heavy (non-hydrogen) atoms. The van der Waals surface area contributed by atoms with Gasteiger partial charge in [-0.3, -0.25) is 18.6 Å². The minimum absolute atomic E-state index is 0.0429. The van der Waals surface area contributed by atoms with Gasteiger partial charge in [0.05, 0.1) is 33.8 Å². The molecule has 0 heterocycles. The summed E-state index contributed by atoms with van der Waals surface area (Å²) in [5, 5.41) is 3.06. The van der Waals surface area contributed by atoms with Gasteiger partial charge < -0.3 is 19.4 Å². The molecule has 10 heteroatoms. The van der Waals surface area contributed by atoms with Gasteiger partial charge in [0.1, 0.15) is 19.3 Å². The summed E-state index contributed by atoms with van der Waals surface area (Å²) in [4.78, 5) is 37.8. The number of likely N-dealkylation sites (N-methyl/N-ethyl adjacent to an activating group) is 1. The number of unbranched alkanes of at least 4 members (excludes halogenated alkanes) is 44. The second kappa shape index (κ2) is 57.7. The molecule has 3 atom stereocenters. The van der Waals surface area contributed by atoms with Crippen LogP contribution in [0.2, 0.25) is 0 Å². The van der Waals surface area contributed by atoms with Crippen LogP contribution in [0, 0.1) is 0 Å². The molecule has 9 nitrogen and oxygen atoms in total. The summed E-state index contributed by atoms with van der Waals surface area (Å²) in [6.45, 7) is 7.05. The zero-order chi connectivity index (χ0) is 56.4. The highest BCUT2D eigenvalue weighted by atomic mass is 31.2. The monoisotopic (exact) mass is 1110 g/mol. The SMILES string of the molecule is CCCCCCCC/C=C/CCCCCCCCCC(=O)NC(COP(=O)(O)OCC[N+](C)(C)C)C(/C=C\CCCCCCCCCCC)OC(=O)CCCCCCCCCCCCCCCCCCCCCCCCC. The Bertz CT molecular complexity index is 1370. The lowest BCUT2D eigenvalue weighted by Gasteiger charge is -2.27. The molecule has 2 N–H and O–H groups in total. The summed E-state index contributed by atoms with van der Waals surface area (Å²) in [7, 11) is 1.51. The standard InChI is InChI=1S/C67H131N2O7P/c1-7-10-13-16-19-22-25-27-29-31-32-33-34-35-36-38-40-42-45-48-51-54-57-60-67(71)76-65(58-55-52-49-46-43-24-21-18-15-12-9-3)64(63-75-77(72,73)74-62-61-69(4,5)6)68-66(70)59-56-53-50-47-44-41-39-37-30-28-26-23-20-17-14-11-8-2/h28,30,55,58,64-65H,7-27,29,31-54,56-57,59-63H2,1-6H3,(H-,68,70,72,73)/p+1/b30-28+,58-55-. The van der Waals surface area contributed by atoms with E-state index < -0.39 is 20.0 Å². The first-order valence-corrected chi connectivity index (χ1v) is 35.2. The zero-order valence-corrected chi connectivity index (χ0v) is 53.1. The van der Waals surface area contributed by atoms with Gasteiger partial charge in [-0.2, -0.15) is 0 Å². The summed E-state index contributed by atoms with van der Waals surface area (Å²) in [5.41, 5.74) is 0. The Morgan fingerprint density at radius 1 is 0.442 bits per heavy atom. The fraction of sp³-hybridized carbons (Fsp3) is 0.910. The number of hydrogen-bond acceptors (Lipinski definition) is 6. The largest absolute Gasteiger partial charge is 0.472 e. The van der Waals surface area contributed by atoms with Crippen molar-refractivity contribution in [1.29, 1.82) is 0 Å². The van der Waals surface area contributed by atoms with Crippen molar-refractivity contribution in [1.82, 2.24) is 5.32 Å². The Kier molecular flexibility index (Phi) is 56.6. The number of hydrogen-bond donors (Lipinski definition) is 2. The van der Waals surface area contributed by atoms with Gasteiger partial charge in [0, 0.05) is 12.8 Å². The third-order valence-electron chi connectivity index (χ3n) is 15.4. The molecule has 0 saturated carbocycles. The number of allylic oxidation sites excluding steroid dienone is 3. The molecule has 0 fully saturated rings. The molecule has 1 amide bonds. The maximum atomic E-state index is 13.6. The molecule has 456 valence electrons. The second-order valence-corrected chi connectivity index (χ2v) is 25.8. The predicted molar refractivity (Wildman–Crippen MR) is 333 cm³/mol. The molecule has 0 aromatic carbocycles. The highest BCUT2D eigenvalue weighted by Gasteiger charge is 2.30. The number of rotatable bonds is 62. The molecule has 0 radical (unpaired) electrons. The number of nitrogens with one attached hydrogen (secondary N) is 1. The number of nitrogens with zero attached hydrogens (tertiary/aromatic N) is 1. The number of carbonyl (C=O) groups excluding carboxylic acids is 2. The van der Waals surface area contributed by atoms with E-state index in [2.05, 4.69) is 38.2 Å². The van der Waals surface area contributed by atoms with Gasteiger partial charge in [0.15, 0.2) is 0 Å². The van der Waals surface area contributed by atoms with Gasteiger partial charge >= 0.3 is 13.8 Å². The molecule has 0 spiro atoms. The molecule has 0 aromatic rings. The lowest BCUT2D eigenvalue weighted by molar-refractivity contribution is -0.870. The van der Waals surface area contributed by atoms with E-state index in [1.807, 2.05) is 33.3 Å². The van der Waals surface area contributed by atoms with Crippen molar-refractivity contribution in [2.24, 2.45) is 0 Å². The smallest absolute Gasteiger partial charge is 0.456 e. The quantitative estimate of drug-likeness (QED) is 0.0205. The molecular weight excluding hydrogens is 976 g/mol. The van der Waals surface area contributed by atoms with E-state index >= 15 is 0 Å². The van der Waals surface area contributed by atoms with E-state index in [1.54, 1.807) is 0 Å². The maximum Gasteiger partial charge on any atom is 0.472 e. The predicted octanol–water partition coefficient (Wildman–Crippen LogP) is 20.9. The van der Waals surface area contributed by atoms with Crippen molar-refractivity contribution in [2.45, 2.75) is 354 Å². The second-order valence-electron chi connectivity index (χ2n) is 24.4. The first kappa shape index (κ1) is 75.5.